The Morgan fingerprint density at radius 3 is 3.00 bits per heavy atom. The standard InChI is InChI=1S/C17H21N7O/c1-12-10-15(19-8-7-18)21-16(20-12)22-17(25)23-24-9-6-13-4-2-3-5-14(13)11-24/h2-6,9-10H,7-8,11,18H2,1H3,(H3,19,20,21,22,23,25). The van der Waals surface area contributed by atoms with Crippen LogP contribution in [0.15, 0.2) is 36.5 Å². The normalized spacial score (nSPS) is 12.5. The molecule has 0 saturated heterocycles. The van der Waals surface area contributed by atoms with Gasteiger partial charge >= 0.3 is 6.03 Å². The summed E-state index contributed by atoms with van der Waals surface area (Å²) in [7, 11) is 0. The highest BCUT2D eigenvalue weighted by molar-refractivity contribution is 5.87. The van der Waals surface area contributed by atoms with E-state index in [4.69, 9.17) is 5.73 Å². The Hall–Kier alpha value is -3.13. The van der Waals surface area contributed by atoms with Crippen molar-refractivity contribution in [3.8, 4) is 0 Å². The Balaban J connectivity index is 1.61. The van der Waals surface area contributed by atoms with Gasteiger partial charge in [-0.15, -0.1) is 0 Å². The maximum Gasteiger partial charge on any atom is 0.340 e. The highest BCUT2D eigenvalue weighted by Gasteiger charge is 2.13. The number of carbonyl (C=O) groups excluding carboxylic acids is 1. The number of fused-ring (bicyclic) bond motifs is 1. The van der Waals surface area contributed by atoms with Crippen molar-refractivity contribution in [3.05, 3.63) is 53.4 Å². The predicted molar refractivity (Wildman–Crippen MR) is 97.5 cm³/mol. The van der Waals surface area contributed by atoms with Gasteiger partial charge < -0.3 is 11.1 Å². The summed E-state index contributed by atoms with van der Waals surface area (Å²) >= 11 is 0. The Morgan fingerprint density at radius 2 is 2.16 bits per heavy atom. The van der Waals surface area contributed by atoms with Gasteiger partial charge in [0.2, 0.25) is 5.95 Å². The van der Waals surface area contributed by atoms with Crippen molar-refractivity contribution < 1.29 is 4.79 Å². The average molecular weight is 339 g/mol. The molecule has 1 aromatic carbocycles. The molecule has 0 aliphatic carbocycles. The molecule has 1 aliphatic heterocycles. The fourth-order valence-electron chi connectivity index (χ4n) is 2.50. The molecule has 5 N–H and O–H groups in total. The van der Waals surface area contributed by atoms with Crippen LogP contribution in [0.3, 0.4) is 0 Å². The number of carbonyl (C=O) groups is 1. The lowest BCUT2D eigenvalue weighted by atomic mass is 10.1. The average Bonchev–Trinajstić information content (AvgIpc) is 2.59. The van der Waals surface area contributed by atoms with E-state index in [1.165, 1.54) is 0 Å². The van der Waals surface area contributed by atoms with Gasteiger partial charge in [0.1, 0.15) is 5.82 Å². The molecule has 0 radical (unpaired) electrons. The van der Waals surface area contributed by atoms with E-state index in [0.717, 1.165) is 16.8 Å². The van der Waals surface area contributed by atoms with Crippen LogP contribution in [-0.2, 0) is 6.54 Å². The van der Waals surface area contributed by atoms with Gasteiger partial charge in [-0.05, 0) is 24.1 Å². The minimum Gasteiger partial charge on any atom is -0.369 e. The van der Waals surface area contributed by atoms with Crippen molar-refractivity contribution in [1.29, 1.82) is 0 Å². The summed E-state index contributed by atoms with van der Waals surface area (Å²) in [5, 5.41) is 7.43. The topological polar surface area (TPSA) is 108 Å². The highest BCUT2D eigenvalue weighted by atomic mass is 16.2. The van der Waals surface area contributed by atoms with E-state index in [0.29, 0.717) is 25.5 Å². The molecule has 0 atom stereocenters. The first kappa shape index (κ1) is 16.7. The van der Waals surface area contributed by atoms with E-state index in [2.05, 4.69) is 26.0 Å². The van der Waals surface area contributed by atoms with Crippen molar-refractivity contribution in [1.82, 2.24) is 20.4 Å². The molecule has 0 bridgehead atoms. The number of urea groups is 1. The molecule has 0 unspecified atom stereocenters. The molecule has 130 valence electrons. The molecule has 1 aliphatic rings. The van der Waals surface area contributed by atoms with Gasteiger partial charge in [-0.2, -0.15) is 4.98 Å². The molecule has 0 spiro atoms. The Bertz CT molecular complexity index is 790. The number of hydrogen-bond acceptors (Lipinski definition) is 6. The van der Waals surface area contributed by atoms with E-state index < -0.39 is 6.03 Å². The van der Waals surface area contributed by atoms with Crippen LogP contribution in [0.2, 0.25) is 0 Å². The first-order valence-electron chi connectivity index (χ1n) is 8.04. The molecule has 2 aromatic rings. The van der Waals surface area contributed by atoms with Crippen LogP contribution >= 0.6 is 0 Å². The Labute approximate surface area is 146 Å². The number of nitrogens with one attached hydrogen (secondary N) is 3. The molecular weight excluding hydrogens is 318 g/mol. The molecule has 0 fully saturated rings. The molecule has 8 nitrogen and oxygen atoms in total. The van der Waals surface area contributed by atoms with Crippen LogP contribution in [0.5, 0.6) is 0 Å². The summed E-state index contributed by atoms with van der Waals surface area (Å²) in [6.45, 7) is 3.52. The fourth-order valence-corrected chi connectivity index (χ4v) is 2.50. The highest BCUT2D eigenvalue weighted by Crippen LogP contribution is 2.17. The van der Waals surface area contributed by atoms with Crippen LogP contribution in [0.4, 0.5) is 16.6 Å². The van der Waals surface area contributed by atoms with Gasteiger partial charge in [-0.3, -0.25) is 10.3 Å². The summed E-state index contributed by atoms with van der Waals surface area (Å²) in [6, 6.07) is 9.43. The zero-order valence-corrected chi connectivity index (χ0v) is 14.0. The molecule has 25 heavy (non-hydrogen) atoms. The number of aryl methyl sites for hydroxylation is 1. The molecule has 0 saturated carbocycles. The maximum atomic E-state index is 12.2. The smallest absolute Gasteiger partial charge is 0.340 e. The van der Waals surface area contributed by atoms with Crippen LogP contribution in [0, 0.1) is 6.92 Å². The van der Waals surface area contributed by atoms with E-state index >= 15 is 0 Å². The Morgan fingerprint density at radius 1 is 1.32 bits per heavy atom. The zero-order valence-electron chi connectivity index (χ0n) is 14.0. The number of hydrogen-bond donors (Lipinski definition) is 4. The summed E-state index contributed by atoms with van der Waals surface area (Å²) in [6.07, 6.45) is 3.78. The third-order valence-corrected chi connectivity index (χ3v) is 3.60. The van der Waals surface area contributed by atoms with Crippen LogP contribution in [0.25, 0.3) is 6.08 Å². The van der Waals surface area contributed by atoms with Crippen molar-refractivity contribution >= 4 is 23.9 Å². The SMILES string of the molecule is Cc1cc(NCCN)nc(NC(=O)NN2C=Cc3ccccc3C2)n1. The maximum absolute atomic E-state index is 12.2. The summed E-state index contributed by atoms with van der Waals surface area (Å²) in [5.74, 6) is 0.860. The number of rotatable bonds is 5. The lowest BCUT2D eigenvalue weighted by molar-refractivity contribution is 0.217. The lowest BCUT2D eigenvalue weighted by Crippen LogP contribution is -2.41. The second-order valence-electron chi connectivity index (χ2n) is 5.64. The van der Waals surface area contributed by atoms with Gasteiger partial charge in [0.15, 0.2) is 0 Å². The number of hydrazine groups is 1. The molecule has 3 rings (SSSR count). The first-order valence-corrected chi connectivity index (χ1v) is 8.04. The van der Waals surface area contributed by atoms with Gasteiger partial charge in [0, 0.05) is 31.0 Å². The van der Waals surface area contributed by atoms with Crippen molar-refractivity contribution in [2.45, 2.75) is 13.5 Å². The fraction of sp³-hybridized carbons (Fsp3) is 0.235. The largest absolute Gasteiger partial charge is 0.369 e. The first-order chi connectivity index (χ1) is 12.1. The van der Waals surface area contributed by atoms with Crippen molar-refractivity contribution in [2.24, 2.45) is 5.73 Å². The monoisotopic (exact) mass is 339 g/mol. The quantitative estimate of drug-likeness (QED) is 0.660. The van der Waals surface area contributed by atoms with E-state index in [1.54, 1.807) is 11.1 Å². The molecule has 2 amide bonds. The molecular formula is C17H21N7O. The molecule has 8 heteroatoms. The second kappa shape index (κ2) is 7.63. The predicted octanol–water partition coefficient (Wildman–Crippen LogP) is 1.68. The lowest BCUT2D eigenvalue weighted by Gasteiger charge is -2.25. The minimum atomic E-state index is -0.403. The number of aromatic nitrogens is 2. The minimum absolute atomic E-state index is 0.235. The number of nitrogens with zero attached hydrogens (tertiary/aromatic N) is 3. The van der Waals surface area contributed by atoms with Gasteiger partial charge in [-0.1, -0.05) is 24.3 Å². The van der Waals surface area contributed by atoms with Gasteiger partial charge in [0.25, 0.3) is 0 Å². The van der Waals surface area contributed by atoms with Gasteiger partial charge in [-0.25, -0.2) is 15.2 Å². The van der Waals surface area contributed by atoms with Gasteiger partial charge in [0.05, 0.1) is 6.54 Å². The Kier molecular flexibility index (Phi) is 5.10. The number of nitrogens with two attached hydrogens (primary N) is 1. The third kappa shape index (κ3) is 4.45. The van der Waals surface area contributed by atoms with Crippen molar-refractivity contribution in [2.75, 3.05) is 23.7 Å². The van der Waals surface area contributed by atoms with Crippen LogP contribution in [0.1, 0.15) is 16.8 Å². The van der Waals surface area contributed by atoms with Crippen LogP contribution < -0.4 is 21.8 Å². The number of benzene rings is 1. The summed E-state index contributed by atoms with van der Waals surface area (Å²) in [5.41, 5.74) is 11.3. The summed E-state index contributed by atoms with van der Waals surface area (Å²) in [4.78, 5) is 20.7. The second-order valence-corrected chi connectivity index (χ2v) is 5.64. The van der Waals surface area contributed by atoms with E-state index in [9.17, 15) is 4.79 Å². The number of anilines is 2. The zero-order chi connectivity index (χ0) is 17.6. The van der Waals surface area contributed by atoms with Crippen molar-refractivity contribution in [3.63, 3.8) is 0 Å². The third-order valence-electron chi connectivity index (χ3n) is 3.60. The van der Waals surface area contributed by atoms with E-state index in [-0.39, 0.29) is 5.95 Å². The van der Waals surface area contributed by atoms with Crippen LogP contribution in [-0.4, -0.2) is 34.1 Å². The number of amides is 2. The summed E-state index contributed by atoms with van der Waals surface area (Å²) < 4.78 is 0. The molecule has 1 aromatic heterocycles. The van der Waals surface area contributed by atoms with E-state index in [1.807, 2.05) is 43.5 Å². The molecule has 2 heterocycles.